The van der Waals surface area contributed by atoms with Gasteiger partial charge in [-0.1, -0.05) is 13.8 Å². The van der Waals surface area contributed by atoms with E-state index in [4.69, 9.17) is 4.74 Å². The molecule has 0 saturated heterocycles. The second kappa shape index (κ2) is 7.42. The maximum absolute atomic E-state index is 12.3. The molecule has 0 aliphatic heterocycles. The highest BCUT2D eigenvalue weighted by Gasteiger charge is 2.19. The minimum Gasteiger partial charge on any atom is -0.495 e. The Balaban J connectivity index is 3.11. The van der Waals surface area contributed by atoms with E-state index in [1.54, 1.807) is 0 Å². The van der Waals surface area contributed by atoms with E-state index in [0.717, 1.165) is 12.8 Å². The summed E-state index contributed by atoms with van der Waals surface area (Å²) in [5, 5.41) is 2.59. The number of sulfonamides is 1. The summed E-state index contributed by atoms with van der Waals surface area (Å²) in [6.07, 6.45) is 1.44. The highest BCUT2D eigenvalue weighted by atomic mass is 32.2. The van der Waals surface area contributed by atoms with Gasteiger partial charge in [-0.25, -0.2) is 13.1 Å². The molecule has 1 aromatic carbocycles. The minimum absolute atomic E-state index is 0.101. The van der Waals surface area contributed by atoms with E-state index in [2.05, 4.69) is 10.0 Å². The molecule has 118 valence electrons. The predicted octanol–water partition coefficient (Wildman–Crippen LogP) is 2.12. The van der Waals surface area contributed by atoms with Gasteiger partial charge in [0, 0.05) is 19.0 Å². The Morgan fingerprint density at radius 1 is 1.29 bits per heavy atom. The lowest BCUT2D eigenvalue weighted by Gasteiger charge is -2.16. The maximum atomic E-state index is 12.3. The van der Waals surface area contributed by atoms with Crippen molar-refractivity contribution in [3.8, 4) is 5.75 Å². The molecule has 0 aliphatic rings. The lowest BCUT2D eigenvalue weighted by molar-refractivity contribution is -0.114. The average molecular weight is 314 g/mol. The van der Waals surface area contributed by atoms with Gasteiger partial charge in [0.2, 0.25) is 15.9 Å². The van der Waals surface area contributed by atoms with E-state index in [-0.39, 0.29) is 16.8 Å². The summed E-state index contributed by atoms with van der Waals surface area (Å²) in [7, 11) is -2.18. The number of anilines is 1. The number of benzene rings is 1. The summed E-state index contributed by atoms with van der Waals surface area (Å²) in [5.74, 6) is 0.0525. The molecule has 0 unspecified atom stereocenters. The Kier molecular flexibility index (Phi) is 6.17. The first-order chi connectivity index (χ1) is 9.83. The van der Waals surface area contributed by atoms with Crippen LogP contribution in [0.4, 0.5) is 5.69 Å². The monoisotopic (exact) mass is 314 g/mol. The quantitative estimate of drug-likeness (QED) is 0.807. The van der Waals surface area contributed by atoms with Gasteiger partial charge in [0.05, 0.1) is 17.7 Å². The van der Waals surface area contributed by atoms with E-state index < -0.39 is 10.0 Å². The summed E-state index contributed by atoms with van der Waals surface area (Å²) in [4.78, 5) is 11.2. The third-order valence-electron chi connectivity index (χ3n) is 3.10. The fraction of sp³-hybridized carbons (Fsp3) is 0.500. The molecule has 0 fully saturated rings. The zero-order valence-electron chi connectivity index (χ0n) is 12.8. The van der Waals surface area contributed by atoms with Gasteiger partial charge in [0.25, 0.3) is 0 Å². The van der Waals surface area contributed by atoms with Crippen molar-refractivity contribution >= 4 is 21.6 Å². The molecule has 2 N–H and O–H groups in total. The minimum atomic E-state index is -3.60. The van der Waals surface area contributed by atoms with Crippen LogP contribution in [-0.4, -0.2) is 27.5 Å². The van der Waals surface area contributed by atoms with Crippen LogP contribution in [0, 0.1) is 0 Å². The second-order valence-corrected chi connectivity index (χ2v) is 6.39. The molecule has 21 heavy (non-hydrogen) atoms. The molecule has 0 aliphatic carbocycles. The summed E-state index contributed by atoms with van der Waals surface area (Å²) in [6, 6.07) is 4.26. The first-order valence-corrected chi connectivity index (χ1v) is 8.30. The molecule has 0 bridgehead atoms. The van der Waals surface area contributed by atoms with Gasteiger partial charge in [-0.2, -0.15) is 0 Å². The van der Waals surface area contributed by atoms with Gasteiger partial charge in [0.15, 0.2) is 0 Å². The van der Waals surface area contributed by atoms with Crippen LogP contribution in [0.2, 0.25) is 0 Å². The van der Waals surface area contributed by atoms with Crippen LogP contribution in [0.25, 0.3) is 0 Å². The van der Waals surface area contributed by atoms with Gasteiger partial charge < -0.3 is 10.1 Å². The van der Waals surface area contributed by atoms with E-state index in [9.17, 15) is 13.2 Å². The third kappa shape index (κ3) is 4.71. The zero-order chi connectivity index (χ0) is 16.0. The third-order valence-corrected chi connectivity index (χ3v) is 4.62. The first kappa shape index (κ1) is 17.5. The molecule has 0 spiro atoms. The van der Waals surface area contributed by atoms with Crippen LogP contribution in [-0.2, 0) is 14.8 Å². The highest BCUT2D eigenvalue weighted by Crippen LogP contribution is 2.27. The van der Waals surface area contributed by atoms with Gasteiger partial charge >= 0.3 is 0 Å². The molecular formula is C14H22N2O4S. The van der Waals surface area contributed by atoms with Crippen molar-refractivity contribution in [3.05, 3.63) is 18.2 Å². The number of carbonyl (C=O) groups excluding carboxylic acids is 1. The first-order valence-electron chi connectivity index (χ1n) is 6.82. The Morgan fingerprint density at radius 3 is 2.38 bits per heavy atom. The summed E-state index contributed by atoms with van der Waals surface area (Å²) in [6.45, 7) is 5.23. The van der Waals surface area contributed by atoms with Crippen LogP contribution in [0.15, 0.2) is 23.1 Å². The molecule has 7 heteroatoms. The number of methoxy groups -OCH3 is 1. The normalized spacial score (nSPS) is 11.5. The SMILES string of the molecule is CCC(CC)NS(=O)(=O)c1ccc(NC(C)=O)c(OC)c1. The maximum Gasteiger partial charge on any atom is 0.240 e. The average Bonchev–Trinajstić information content (AvgIpc) is 2.44. The Hall–Kier alpha value is -1.60. The van der Waals surface area contributed by atoms with Crippen molar-refractivity contribution in [3.63, 3.8) is 0 Å². The molecular weight excluding hydrogens is 292 g/mol. The zero-order valence-corrected chi connectivity index (χ0v) is 13.6. The fourth-order valence-corrected chi connectivity index (χ4v) is 3.29. The number of carbonyl (C=O) groups is 1. The highest BCUT2D eigenvalue weighted by molar-refractivity contribution is 7.89. The van der Waals surface area contributed by atoms with E-state index >= 15 is 0 Å². The van der Waals surface area contributed by atoms with E-state index in [0.29, 0.717) is 11.4 Å². The standard InChI is InChI=1S/C14H22N2O4S/c1-5-11(6-2)16-21(18,19)12-7-8-13(15-10(3)17)14(9-12)20-4/h7-9,11,16H,5-6H2,1-4H3,(H,15,17). The number of amides is 1. The number of ether oxygens (including phenoxy) is 1. The van der Waals surface area contributed by atoms with Gasteiger partial charge in [-0.3, -0.25) is 4.79 Å². The molecule has 0 atom stereocenters. The van der Waals surface area contributed by atoms with E-state index in [1.807, 2.05) is 13.8 Å². The van der Waals surface area contributed by atoms with Crippen molar-refractivity contribution in [2.45, 2.75) is 44.6 Å². The molecule has 6 nitrogen and oxygen atoms in total. The van der Waals surface area contributed by atoms with Crippen LogP contribution in [0.5, 0.6) is 5.75 Å². The summed E-state index contributed by atoms with van der Waals surface area (Å²) < 4.78 is 32.4. The van der Waals surface area contributed by atoms with Crippen LogP contribution in [0.3, 0.4) is 0 Å². The van der Waals surface area contributed by atoms with Crippen molar-refractivity contribution in [1.82, 2.24) is 4.72 Å². The lowest BCUT2D eigenvalue weighted by atomic mass is 10.2. The van der Waals surface area contributed by atoms with Crippen molar-refractivity contribution in [2.75, 3.05) is 12.4 Å². The molecule has 0 aromatic heterocycles. The van der Waals surface area contributed by atoms with Crippen molar-refractivity contribution in [1.29, 1.82) is 0 Å². The summed E-state index contributed by atoms with van der Waals surface area (Å²) >= 11 is 0. The van der Waals surface area contributed by atoms with E-state index in [1.165, 1.54) is 32.2 Å². The molecule has 0 heterocycles. The molecule has 1 amide bonds. The molecule has 0 saturated carbocycles. The number of hydrogen-bond donors (Lipinski definition) is 2. The van der Waals surface area contributed by atoms with Crippen molar-refractivity contribution < 1.29 is 17.9 Å². The van der Waals surface area contributed by atoms with Crippen LogP contribution in [0.1, 0.15) is 33.6 Å². The van der Waals surface area contributed by atoms with Crippen LogP contribution < -0.4 is 14.8 Å². The molecule has 1 aromatic rings. The molecule has 1 rings (SSSR count). The number of nitrogens with one attached hydrogen (secondary N) is 2. The number of rotatable bonds is 7. The fourth-order valence-electron chi connectivity index (χ4n) is 1.87. The van der Waals surface area contributed by atoms with Crippen molar-refractivity contribution in [2.24, 2.45) is 0 Å². The van der Waals surface area contributed by atoms with Gasteiger partial charge in [-0.15, -0.1) is 0 Å². The Labute approximate surface area is 125 Å². The predicted molar refractivity (Wildman–Crippen MR) is 82.0 cm³/mol. The van der Waals surface area contributed by atoms with Gasteiger partial charge in [0.1, 0.15) is 5.75 Å². The largest absolute Gasteiger partial charge is 0.495 e. The second-order valence-electron chi connectivity index (χ2n) is 4.68. The Bertz CT molecular complexity index is 595. The topological polar surface area (TPSA) is 84.5 Å². The van der Waals surface area contributed by atoms with Gasteiger partial charge in [-0.05, 0) is 25.0 Å². The smallest absolute Gasteiger partial charge is 0.240 e. The number of hydrogen-bond acceptors (Lipinski definition) is 4. The lowest BCUT2D eigenvalue weighted by Crippen LogP contribution is -2.33. The summed E-state index contributed by atoms with van der Waals surface area (Å²) in [5.41, 5.74) is 0.437. The van der Waals surface area contributed by atoms with Crippen LogP contribution >= 0.6 is 0 Å². The molecule has 0 radical (unpaired) electrons. The Morgan fingerprint density at radius 2 is 1.90 bits per heavy atom.